The number of unbranched alkanes of at least 4 members (excludes halogenated alkanes) is 17. The van der Waals surface area contributed by atoms with Crippen molar-refractivity contribution < 1.29 is 37.3 Å². The molecule has 0 aromatic carbocycles. The molecule has 0 saturated carbocycles. The average Bonchev–Trinajstić information content (AvgIpc) is 3.33. The van der Waals surface area contributed by atoms with Gasteiger partial charge in [0.05, 0.1) is 33.8 Å². The highest BCUT2D eigenvalue weighted by Crippen LogP contribution is 2.38. The molecule has 0 aliphatic rings. The predicted octanol–water partition coefficient (Wildman–Crippen LogP) is 16.4. The molecule has 3 unspecified atom stereocenters. The number of likely N-dealkylation sites (N-methyl/N-ethyl adjacent to an activating group) is 1. The van der Waals surface area contributed by atoms with Crippen molar-refractivity contribution in [3.63, 3.8) is 0 Å². The molecular formula is C61H105N2O7P. The van der Waals surface area contributed by atoms with Crippen LogP contribution in [0.3, 0.4) is 0 Å². The van der Waals surface area contributed by atoms with Crippen LogP contribution >= 0.6 is 7.82 Å². The van der Waals surface area contributed by atoms with Crippen molar-refractivity contribution in [3.8, 4) is 0 Å². The maximum atomic E-state index is 13.5. The van der Waals surface area contributed by atoms with Crippen LogP contribution in [0.25, 0.3) is 0 Å². The van der Waals surface area contributed by atoms with Crippen LogP contribution in [0.2, 0.25) is 0 Å². The molecular weight excluding hydrogens is 904 g/mol. The van der Waals surface area contributed by atoms with E-state index in [4.69, 9.17) is 13.8 Å². The molecule has 406 valence electrons. The van der Waals surface area contributed by atoms with Gasteiger partial charge in [0.15, 0.2) is 0 Å². The minimum Gasteiger partial charge on any atom is -0.756 e. The second-order valence-electron chi connectivity index (χ2n) is 19.7. The van der Waals surface area contributed by atoms with Gasteiger partial charge in [0, 0.05) is 12.8 Å². The second kappa shape index (κ2) is 50.2. The summed E-state index contributed by atoms with van der Waals surface area (Å²) in [7, 11) is 1.13. The molecule has 10 heteroatoms. The number of amides is 1. The van der Waals surface area contributed by atoms with E-state index >= 15 is 0 Å². The molecule has 0 heterocycles. The van der Waals surface area contributed by atoms with E-state index in [1.165, 1.54) is 51.4 Å². The summed E-state index contributed by atoms with van der Waals surface area (Å²) in [6.07, 6.45) is 67.7. The third-order valence-corrected chi connectivity index (χ3v) is 12.7. The summed E-state index contributed by atoms with van der Waals surface area (Å²) in [5, 5.41) is 2.99. The summed E-state index contributed by atoms with van der Waals surface area (Å²) < 4.78 is 30.2. The lowest BCUT2D eigenvalue weighted by Gasteiger charge is -2.30. The lowest BCUT2D eigenvalue weighted by atomic mass is 10.0. The maximum absolute atomic E-state index is 13.5. The van der Waals surface area contributed by atoms with Crippen LogP contribution < -0.4 is 10.2 Å². The Labute approximate surface area is 436 Å². The van der Waals surface area contributed by atoms with Crippen molar-refractivity contribution in [1.29, 1.82) is 0 Å². The summed E-state index contributed by atoms with van der Waals surface area (Å²) in [6.45, 7) is 6.54. The molecule has 0 aliphatic heterocycles. The summed E-state index contributed by atoms with van der Waals surface area (Å²) >= 11 is 0. The van der Waals surface area contributed by atoms with Gasteiger partial charge in [-0.3, -0.25) is 14.2 Å². The van der Waals surface area contributed by atoms with E-state index in [1.54, 1.807) is 6.08 Å². The molecule has 71 heavy (non-hydrogen) atoms. The zero-order chi connectivity index (χ0) is 52.2. The first-order valence-electron chi connectivity index (χ1n) is 28.2. The maximum Gasteiger partial charge on any atom is 0.306 e. The number of quaternary nitrogens is 1. The molecule has 1 N–H and O–H groups in total. The number of allylic oxidation sites excluding steroid dienone is 17. The number of ether oxygens (including phenoxy) is 1. The number of carbonyl (C=O) groups excluding carboxylic acids is 2. The molecule has 0 spiro atoms. The Balaban J connectivity index is 5.49. The molecule has 0 radical (unpaired) electrons. The van der Waals surface area contributed by atoms with Crippen LogP contribution in [0, 0.1) is 0 Å². The number of hydrogen-bond acceptors (Lipinski definition) is 7. The second-order valence-corrected chi connectivity index (χ2v) is 21.1. The van der Waals surface area contributed by atoms with Gasteiger partial charge >= 0.3 is 5.97 Å². The molecule has 0 aliphatic carbocycles. The molecule has 3 atom stereocenters. The van der Waals surface area contributed by atoms with Gasteiger partial charge in [-0.05, 0) is 102 Å². The Morgan fingerprint density at radius 3 is 1.38 bits per heavy atom. The van der Waals surface area contributed by atoms with Crippen molar-refractivity contribution in [1.82, 2.24) is 5.32 Å². The van der Waals surface area contributed by atoms with E-state index in [0.29, 0.717) is 23.9 Å². The fourth-order valence-electron chi connectivity index (χ4n) is 7.39. The van der Waals surface area contributed by atoms with Crippen LogP contribution in [0.1, 0.15) is 213 Å². The molecule has 0 saturated heterocycles. The number of nitrogens with one attached hydrogen (secondary N) is 1. The number of carbonyl (C=O) groups is 2. The van der Waals surface area contributed by atoms with Gasteiger partial charge in [0.1, 0.15) is 19.3 Å². The Morgan fingerprint density at radius 2 is 0.915 bits per heavy atom. The topological polar surface area (TPSA) is 114 Å². The van der Waals surface area contributed by atoms with E-state index in [-0.39, 0.29) is 25.4 Å². The van der Waals surface area contributed by atoms with Gasteiger partial charge in [-0.15, -0.1) is 0 Å². The van der Waals surface area contributed by atoms with Crippen LogP contribution in [-0.2, 0) is 27.9 Å². The normalized spacial score (nSPS) is 14.6. The van der Waals surface area contributed by atoms with Gasteiger partial charge in [-0.2, -0.15) is 0 Å². The Kier molecular flexibility index (Phi) is 47.9. The van der Waals surface area contributed by atoms with Crippen LogP contribution in [-0.4, -0.2) is 69.4 Å². The lowest BCUT2D eigenvalue weighted by molar-refractivity contribution is -0.870. The number of hydrogen-bond donors (Lipinski definition) is 1. The van der Waals surface area contributed by atoms with Crippen molar-refractivity contribution in [2.75, 3.05) is 40.9 Å². The summed E-state index contributed by atoms with van der Waals surface area (Å²) in [4.78, 5) is 39.8. The minimum absolute atomic E-state index is 0.0396. The molecule has 0 fully saturated rings. The smallest absolute Gasteiger partial charge is 0.306 e. The molecule has 9 nitrogen and oxygen atoms in total. The van der Waals surface area contributed by atoms with E-state index in [1.807, 2.05) is 27.2 Å². The molecule has 1 amide bonds. The van der Waals surface area contributed by atoms with Crippen molar-refractivity contribution in [2.24, 2.45) is 0 Å². The van der Waals surface area contributed by atoms with E-state index in [0.717, 1.165) is 116 Å². The zero-order valence-corrected chi connectivity index (χ0v) is 47.0. The number of phosphoric ester groups is 1. The summed E-state index contributed by atoms with van der Waals surface area (Å²) in [5.74, 6) is -0.633. The molecule has 0 aromatic heterocycles. The first-order chi connectivity index (χ1) is 34.4. The third-order valence-electron chi connectivity index (χ3n) is 11.7. The number of phosphoric acid groups is 1. The van der Waals surface area contributed by atoms with Gasteiger partial charge in [0.2, 0.25) is 5.91 Å². The largest absolute Gasteiger partial charge is 0.756 e. The quantitative estimate of drug-likeness (QED) is 0.0212. The van der Waals surface area contributed by atoms with Crippen LogP contribution in [0.15, 0.2) is 109 Å². The van der Waals surface area contributed by atoms with E-state index < -0.39 is 32.5 Å². The number of nitrogens with zero attached hydrogens (tertiary/aromatic N) is 1. The fourth-order valence-corrected chi connectivity index (χ4v) is 8.12. The SMILES string of the molecule is CC/C=C\C/C=C\C/C=C\C/C=C\C/C=C\CCCC(=O)OC(/C=C/CCCCCCCCCCCC)C(COP(=O)([O-])OCC[N+](C)(C)C)NC(=O)CCCCCCCC/C=C/C/C=C/C/C=C/CC. The van der Waals surface area contributed by atoms with Gasteiger partial charge in [-0.25, -0.2) is 0 Å². The third kappa shape index (κ3) is 51.4. The molecule has 0 rings (SSSR count). The number of rotatable bonds is 49. The molecule has 0 bridgehead atoms. The lowest BCUT2D eigenvalue weighted by Crippen LogP contribution is -2.47. The Bertz CT molecular complexity index is 1580. The van der Waals surface area contributed by atoms with Crippen LogP contribution in [0.5, 0.6) is 0 Å². The first-order valence-corrected chi connectivity index (χ1v) is 29.7. The van der Waals surface area contributed by atoms with Gasteiger partial charge in [0.25, 0.3) is 7.82 Å². The van der Waals surface area contributed by atoms with Crippen molar-refractivity contribution >= 4 is 19.7 Å². The fraction of sp³-hybridized carbons (Fsp3) is 0.672. The minimum atomic E-state index is -4.72. The average molecular weight is 1010 g/mol. The number of esters is 1. The first kappa shape index (κ1) is 67.7. The monoisotopic (exact) mass is 1010 g/mol. The predicted molar refractivity (Wildman–Crippen MR) is 302 cm³/mol. The Morgan fingerprint density at radius 1 is 0.507 bits per heavy atom. The highest BCUT2D eigenvalue weighted by Gasteiger charge is 2.27. The van der Waals surface area contributed by atoms with Gasteiger partial charge < -0.3 is 28.5 Å². The molecule has 0 aromatic rings. The van der Waals surface area contributed by atoms with Gasteiger partial charge in [-0.1, -0.05) is 208 Å². The standard InChI is InChI=1S/C61H105N2O7P/c1-7-10-13-16-19-22-25-28-30-32-34-36-39-42-45-48-51-54-61(65)70-59(52-49-46-43-40-37-27-24-21-18-15-12-9-3)58(57-69-71(66,67)68-56-55-63(4,5)6)62-60(64)53-50-47-44-41-38-35-33-31-29-26-23-20-17-14-11-8-2/h10-11,13-14,19-20,22-23,28-31,34,36,42,45,49,52,58-59H,7-9,12,15-18,21,24-27,32-33,35,37-41,43-44,46-48,50-51,53-57H2,1-6H3,(H-,62,64,66,67)/b13-10-,14-11+,22-19-,23-20+,30-28-,31-29+,36-34-,45-42-,52-49+. The summed E-state index contributed by atoms with van der Waals surface area (Å²) in [5.41, 5.74) is 0. The van der Waals surface area contributed by atoms with Crippen LogP contribution in [0.4, 0.5) is 0 Å². The Hall–Kier alpha value is -3.33. The highest BCUT2D eigenvalue weighted by atomic mass is 31.2. The summed E-state index contributed by atoms with van der Waals surface area (Å²) in [6, 6.07) is -0.924. The van der Waals surface area contributed by atoms with E-state index in [9.17, 15) is 19.0 Å². The zero-order valence-electron chi connectivity index (χ0n) is 46.1. The van der Waals surface area contributed by atoms with Crippen molar-refractivity contribution in [2.45, 2.75) is 226 Å². The highest BCUT2D eigenvalue weighted by molar-refractivity contribution is 7.45. The van der Waals surface area contributed by atoms with E-state index in [2.05, 4.69) is 123 Å². The van der Waals surface area contributed by atoms with Crippen molar-refractivity contribution in [3.05, 3.63) is 109 Å².